The van der Waals surface area contributed by atoms with Gasteiger partial charge in [0.2, 0.25) is 5.91 Å². The van der Waals surface area contributed by atoms with Crippen LogP contribution < -0.4 is 5.32 Å². The van der Waals surface area contributed by atoms with Crippen LogP contribution in [0.2, 0.25) is 0 Å². The molecule has 0 aliphatic heterocycles. The summed E-state index contributed by atoms with van der Waals surface area (Å²) < 4.78 is 0. The average molecular weight is 329 g/mol. The van der Waals surface area contributed by atoms with Crippen LogP contribution >= 0.6 is 0 Å². The normalized spacial score (nSPS) is 28.8. The standard InChI is InChI=1S/C20H27NO3/c1-19(2,18(23)24)13-21-17(22)20(11-14-6-4-3-5-7-14)12-15-8-9-16(20)10-15/h3-7,15-16H,8-13H2,1-2H3,(H,21,22)(H,23,24). The molecule has 0 saturated heterocycles. The summed E-state index contributed by atoms with van der Waals surface area (Å²) in [5, 5.41) is 12.2. The van der Waals surface area contributed by atoms with Crippen molar-refractivity contribution in [1.82, 2.24) is 5.32 Å². The largest absolute Gasteiger partial charge is 0.481 e. The number of hydrogen-bond donors (Lipinski definition) is 2. The first-order chi connectivity index (χ1) is 11.3. The van der Waals surface area contributed by atoms with Gasteiger partial charge in [-0.15, -0.1) is 0 Å². The first-order valence-electron chi connectivity index (χ1n) is 8.89. The van der Waals surface area contributed by atoms with E-state index in [2.05, 4.69) is 17.4 Å². The number of hydrogen-bond acceptors (Lipinski definition) is 2. The van der Waals surface area contributed by atoms with Crippen molar-refractivity contribution in [2.75, 3.05) is 6.54 Å². The third kappa shape index (κ3) is 3.06. The minimum atomic E-state index is -0.943. The van der Waals surface area contributed by atoms with Gasteiger partial charge in [-0.05, 0) is 56.9 Å². The van der Waals surface area contributed by atoms with E-state index in [0.717, 1.165) is 25.7 Å². The molecule has 2 bridgehead atoms. The number of fused-ring (bicyclic) bond motifs is 2. The Morgan fingerprint density at radius 3 is 2.50 bits per heavy atom. The molecule has 2 fully saturated rings. The molecule has 3 unspecified atom stereocenters. The topological polar surface area (TPSA) is 66.4 Å². The summed E-state index contributed by atoms with van der Waals surface area (Å²) in [6.45, 7) is 3.48. The van der Waals surface area contributed by atoms with Crippen LogP contribution in [0, 0.1) is 22.7 Å². The monoisotopic (exact) mass is 329 g/mol. The van der Waals surface area contributed by atoms with Gasteiger partial charge in [-0.25, -0.2) is 0 Å². The summed E-state index contributed by atoms with van der Waals surface area (Å²) in [7, 11) is 0. The summed E-state index contributed by atoms with van der Waals surface area (Å²) in [5.74, 6) is 0.244. The minimum absolute atomic E-state index is 0.0490. The molecule has 130 valence electrons. The minimum Gasteiger partial charge on any atom is -0.481 e. The molecule has 2 saturated carbocycles. The Hall–Kier alpha value is -1.84. The van der Waals surface area contributed by atoms with E-state index in [1.54, 1.807) is 13.8 Å². The Balaban J connectivity index is 1.78. The highest BCUT2D eigenvalue weighted by Gasteiger charge is 2.55. The summed E-state index contributed by atoms with van der Waals surface area (Å²) in [6, 6.07) is 10.2. The third-order valence-corrected chi connectivity index (χ3v) is 6.06. The van der Waals surface area contributed by atoms with Crippen molar-refractivity contribution in [3.63, 3.8) is 0 Å². The Morgan fingerprint density at radius 2 is 1.96 bits per heavy atom. The van der Waals surface area contributed by atoms with E-state index in [-0.39, 0.29) is 17.9 Å². The number of nitrogens with one attached hydrogen (secondary N) is 1. The molecular formula is C20H27NO3. The second-order valence-corrected chi connectivity index (χ2v) is 8.27. The van der Waals surface area contributed by atoms with Gasteiger partial charge in [0.15, 0.2) is 0 Å². The van der Waals surface area contributed by atoms with Gasteiger partial charge in [0.1, 0.15) is 0 Å². The van der Waals surface area contributed by atoms with E-state index >= 15 is 0 Å². The number of benzene rings is 1. The highest BCUT2D eigenvalue weighted by molar-refractivity contribution is 5.85. The van der Waals surface area contributed by atoms with Crippen molar-refractivity contribution in [2.45, 2.75) is 46.0 Å². The van der Waals surface area contributed by atoms with Crippen molar-refractivity contribution in [3.05, 3.63) is 35.9 Å². The molecule has 4 nitrogen and oxygen atoms in total. The smallest absolute Gasteiger partial charge is 0.310 e. The summed E-state index contributed by atoms with van der Waals surface area (Å²) >= 11 is 0. The molecule has 4 heteroatoms. The van der Waals surface area contributed by atoms with Crippen LogP contribution in [0.3, 0.4) is 0 Å². The molecule has 3 atom stereocenters. The number of amides is 1. The molecule has 1 aromatic carbocycles. The van der Waals surface area contributed by atoms with Gasteiger partial charge in [-0.2, -0.15) is 0 Å². The highest BCUT2D eigenvalue weighted by Crippen LogP contribution is 2.57. The lowest BCUT2D eigenvalue weighted by Gasteiger charge is -2.37. The Labute approximate surface area is 143 Å². The maximum Gasteiger partial charge on any atom is 0.310 e. The molecule has 0 radical (unpaired) electrons. The zero-order valence-electron chi connectivity index (χ0n) is 14.5. The maximum absolute atomic E-state index is 13.1. The highest BCUT2D eigenvalue weighted by atomic mass is 16.4. The van der Waals surface area contributed by atoms with Gasteiger partial charge in [0, 0.05) is 6.54 Å². The number of aliphatic carboxylic acids is 1. The molecule has 1 amide bonds. The van der Waals surface area contributed by atoms with Crippen LogP contribution in [-0.4, -0.2) is 23.5 Å². The Kier molecular flexibility index (Phi) is 4.41. The van der Waals surface area contributed by atoms with Crippen molar-refractivity contribution < 1.29 is 14.7 Å². The van der Waals surface area contributed by atoms with Crippen LogP contribution in [-0.2, 0) is 16.0 Å². The number of carboxylic acids is 1. The predicted molar refractivity (Wildman–Crippen MR) is 92.5 cm³/mol. The molecule has 2 N–H and O–H groups in total. The van der Waals surface area contributed by atoms with E-state index in [0.29, 0.717) is 11.8 Å². The molecule has 0 aromatic heterocycles. The Bertz CT molecular complexity index is 625. The first kappa shape index (κ1) is 17.0. The number of rotatable bonds is 6. The van der Waals surface area contributed by atoms with E-state index in [9.17, 15) is 14.7 Å². The molecule has 0 spiro atoms. The molecule has 24 heavy (non-hydrogen) atoms. The van der Waals surface area contributed by atoms with Crippen LogP contribution in [0.1, 0.15) is 45.1 Å². The molecule has 2 aliphatic carbocycles. The lowest BCUT2D eigenvalue weighted by Crippen LogP contribution is -2.49. The first-order valence-corrected chi connectivity index (χ1v) is 8.89. The summed E-state index contributed by atoms with van der Waals surface area (Å²) in [4.78, 5) is 24.4. The van der Waals surface area contributed by atoms with Crippen molar-refractivity contribution >= 4 is 11.9 Å². The number of carboxylic acid groups (broad SMARTS) is 1. The van der Waals surface area contributed by atoms with E-state index in [1.165, 1.54) is 12.0 Å². The van der Waals surface area contributed by atoms with Crippen LogP contribution in [0.4, 0.5) is 0 Å². The molecule has 0 heterocycles. The van der Waals surface area contributed by atoms with Gasteiger partial charge in [-0.1, -0.05) is 36.8 Å². The lowest BCUT2D eigenvalue weighted by atomic mass is 9.68. The average Bonchev–Trinajstić information content (AvgIpc) is 3.15. The molecule has 2 aliphatic rings. The predicted octanol–water partition coefficient (Wildman–Crippen LogP) is 3.26. The van der Waals surface area contributed by atoms with Crippen molar-refractivity contribution in [3.8, 4) is 0 Å². The zero-order valence-corrected chi connectivity index (χ0v) is 14.5. The van der Waals surface area contributed by atoms with Gasteiger partial charge in [0.25, 0.3) is 0 Å². The quantitative estimate of drug-likeness (QED) is 0.842. The van der Waals surface area contributed by atoms with Gasteiger partial charge >= 0.3 is 5.97 Å². The molecule has 1 aromatic rings. The Morgan fingerprint density at radius 1 is 1.25 bits per heavy atom. The van der Waals surface area contributed by atoms with Crippen molar-refractivity contribution in [2.24, 2.45) is 22.7 Å². The van der Waals surface area contributed by atoms with E-state index in [1.807, 2.05) is 18.2 Å². The van der Waals surface area contributed by atoms with E-state index < -0.39 is 11.4 Å². The van der Waals surface area contributed by atoms with Gasteiger partial charge < -0.3 is 10.4 Å². The SMILES string of the molecule is CC(C)(CNC(=O)C1(Cc2ccccc2)CC2CCC1C2)C(=O)O. The van der Waals surface area contributed by atoms with Crippen LogP contribution in [0.5, 0.6) is 0 Å². The van der Waals surface area contributed by atoms with Crippen molar-refractivity contribution in [1.29, 1.82) is 0 Å². The fourth-order valence-corrected chi connectivity index (χ4v) is 4.53. The van der Waals surface area contributed by atoms with Crippen LogP contribution in [0.25, 0.3) is 0 Å². The summed E-state index contributed by atoms with van der Waals surface area (Å²) in [5.41, 5.74) is -0.113. The van der Waals surface area contributed by atoms with Gasteiger partial charge in [0.05, 0.1) is 10.8 Å². The fraction of sp³-hybridized carbons (Fsp3) is 0.600. The second kappa shape index (κ2) is 6.23. The van der Waals surface area contributed by atoms with Gasteiger partial charge in [-0.3, -0.25) is 9.59 Å². The summed E-state index contributed by atoms with van der Waals surface area (Å²) in [6.07, 6.45) is 5.19. The number of carbonyl (C=O) groups excluding carboxylic acids is 1. The fourth-order valence-electron chi connectivity index (χ4n) is 4.53. The van der Waals surface area contributed by atoms with Crippen LogP contribution in [0.15, 0.2) is 30.3 Å². The molecular weight excluding hydrogens is 302 g/mol. The lowest BCUT2D eigenvalue weighted by molar-refractivity contribution is -0.147. The molecule has 3 rings (SSSR count). The zero-order chi connectivity index (χ0) is 17.4. The van der Waals surface area contributed by atoms with E-state index in [4.69, 9.17) is 0 Å². The second-order valence-electron chi connectivity index (χ2n) is 8.27. The number of carbonyl (C=O) groups is 2. The maximum atomic E-state index is 13.1. The third-order valence-electron chi connectivity index (χ3n) is 6.06.